The van der Waals surface area contributed by atoms with Crippen LogP contribution in [0.25, 0.3) is 0 Å². The molecule has 1 aliphatic heterocycles. The smallest absolute Gasteiger partial charge is 0.279 e. The minimum absolute atomic E-state index is 0.0862. The lowest BCUT2D eigenvalue weighted by atomic mass is 10.00. The summed E-state index contributed by atoms with van der Waals surface area (Å²) in [6.07, 6.45) is 2.43. The monoisotopic (exact) mass is 262 g/mol. The molecule has 6 heteroatoms. The Morgan fingerprint density at radius 3 is 2.29 bits per heavy atom. The number of nitrogens with zero attached hydrogens (tertiary/aromatic N) is 1. The molecule has 1 unspecified atom stereocenters. The van der Waals surface area contributed by atoms with Crippen LogP contribution >= 0.6 is 0 Å². The third-order valence-electron chi connectivity index (χ3n) is 3.98. The molecule has 0 amide bonds. The largest absolute Gasteiger partial charge is 0.396 e. The Kier molecular flexibility index (Phi) is 3.51. The van der Waals surface area contributed by atoms with Crippen molar-refractivity contribution >= 4 is 10.2 Å². The van der Waals surface area contributed by atoms with Crippen LogP contribution in [0, 0.1) is 11.3 Å². The number of piperidine rings is 1. The van der Waals surface area contributed by atoms with Crippen LogP contribution in [0.4, 0.5) is 0 Å². The Bertz CT molecular complexity index is 372. The van der Waals surface area contributed by atoms with Gasteiger partial charge in [-0.3, -0.25) is 0 Å². The van der Waals surface area contributed by atoms with Crippen LogP contribution in [0.5, 0.6) is 0 Å². The van der Waals surface area contributed by atoms with E-state index in [1.54, 1.807) is 0 Å². The zero-order valence-corrected chi connectivity index (χ0v) is 11.3. The van der Waals surface area contributed by atoms with Gasteiger partial charge in [-0.05, 0) is 30.6 Å². The van der Waals surface area contributed by atoms with Crippen LogP contribution in [0.3, 0.4) is 0 Å². The number of hydrogen-bond donors (Lipinski definition) is 2. The second-order valence-electron chi connectivity index (χ2n) is 5.89. The van der Waals surface area contributed by atoms with Crippen molar-refractivity contribution in [1.82, 2.24) is 9.03 Å². The normalized spacial score (nSPS) is 30.4. The summed E-state index contributed by atoms with van der Waals surface area (Å²) in [5.74, 6) is 0.263. The predicted molar refractivity (Wildman–Crippen MR) is 65.6 cm³/mol. The maximum atomic E-state index is 12.1. The standard InChI is InChI=1S/C11H22N2O3S/c1-11(2)7-10(11)12-17(15,16)13-5-3-9(8-14)4-6-13/h9-10,12,14H,3-8H2,1-2H3. The quantitative estimate of drug-likeness (QED) is 0.767. The van der Waals surface area contributed by atoms with Crippen molar-refractivity contribution < 1.29 is 13.5 Å². The highest BCUT2D eigenvalue weighted by molar-refractivity contribution is 7.87. The number of hydrogen-bond acceptors (Lipinski definition) is 3. The summed E-state index contributed by atoms with van der Waals surface area (Å²) in [4.78, 5) is 0. The Labute approximate surface area is 103 Å². The summed E-state index contributed by atoms with van der Waals surface area (Å²) in [6, 6.07) is 0.0862. The van der Waals surface area contributed by atoms with Crippen LogP contribution in [0.1, 0.15) is 33.1 Å². The van der Waals surface area contributed by atoms with Gasteiger partial charge in [-0.2, -0.15) is 17.4 Å². The maximum Gasteiger partial charge on any atom is 0.279 e. The van der Waals surface area contributed by atoms with Crippen molar-refractivity contribution in [3.63, 3.8) is 0 Å². The van der Waals surface area contributed by atoms with Crippen molar-refractivity contribution in [3.05, 3.63) is 0 Å². The van der Waals surface area contributed by atoms with Crippen LogP contribution in [-0.2, 0) is 10.2 Å². The molecule has 1 heterocycles. The molecule has 1 saturated heterocycles. The highest BCUT2D eigenvalue weighted by atomic mass is 32.2. The Hall–Kier alpha value is -0.170. The van der Waals surface area contributed by atoms with Crippen LogP contribution in [-0.4, -0.2) is 43.6 Å². The lowest BCUT2D eigenvalue weighted by Gasteiger charge is -2.30. The van der Waals surface area contributed by atoms with Crippen molar-refractivity contribution in [2.45, 2.75) is 39.2 Å². The molecule has 5 nitrogen and oxygen atoms in total. The van der Waals surface area contributed by atoms with E-state index in [4.69, 9.17) is 5.11 Å². The maximum absolute atomic E-state index is 12.1. The fraction of sp³-hybridized carbons (Fsp3) is 1.00. The lowest BCUT2D eigenvalue weighted by Crippen LogP contribution is -2.46. The molecule has 2 N–H and O–H groups in total. The molecule has 17 heavy (non-hydrogen) atoms. The number of nitrogens with one attached hydrogen (secondary N) is 1. The molecule has 0 aromatic heterocycles. The van der Waals surface area contributed by atoms with E-state index in [0.717, 1.165) is 19.3 Å². The van der Waals surface area contributed by atoms with Gasteiger partial charge in [0, 0.05) is 25.7 Å². The van der Waals surface area contributed by atoms with E-state index < -0.39 is 10.2 Å². The minimum atomic E-state index is -3.32. The van der Waals surface area contributed by atoms with Crippen LogP contribution < -0.4 is 4.72 Å². The minimum Gasteiger partial charge on any atom is -0.396 e. The van der Waals surface area contributed by atoms with E-state index in [1.165, 1.54) is 4.31 Å². The summed E-state index contributed by atoms with van der Waals surface area (Å²) < 4.78 is 28.4. The molecule has 0 radical (unpaired) electrons. The van der Waals surface area contributed by atoms with Crippen molar-refractivity contribution in [2.75, 3.05) is 19.7 Å². The first-order valence-corrected chi connectivity index (χ1v) is 7.67. The number of rotatable bonds is 4. The molecule has 1 aliphatic carbocycles. The van der Waals surface area contributed by atoms with Crippen LogP contribution in [0.15, 0.2) is 0 Å². The first kappa shape index (κ1) is 13.3. The van der Waals surface area contributed by atoms with E-state index in [9.17, 15) is 8.42 Å². The zero-order chi connectivity index (χ0) is 12.7. The average molecular weight is 262 g/mol. The van der Waals surface area contributed by atoms with Gasteiger partial charge in [0.2, 0.25) is 0 Å². The topological polar surface area (TPSA) is 69.6 Å². The molecule has 2 rings (SSSR count). The van der Waals surface area contributed by atoms with Crippen LogP contribution in [0.2, 0.25) is 0 Å². The second kappa shape index (κ2) is 4.50. The fourth-order valence-electron chi connectivity index (χ4n) is 2.25. The number of aliphatic hydroxyl groups is 1. The van der Waals surface area contributed by atoms with Gasteiger partial charge in [0.25, 0.3) is 10.2 Å². The van der Waals surface area contributed by atoms with Crippen molar-refractivity contribution in [1.29, 1.82) is 0 Å². The van der Waals surface area contributed by atoms with Gasteiger partial charge in [-0.25, -0.2) is 0 Å². The van der Waals surface area contributed by atoms with Gasteiger partial charge in [0.05, 0.1) is 0 Å². The fourth-order valence-corrected chi connectivity index (χ4v) is 3.86. The molecule has 0 aromatic rings. The molecule has 2 fully saturated rings. The van der Waals surface area contributed by atoms with Gasteiger partial charge in [0.15, 0.2) is 0 Å². The van der Waals surface area contributed by atoms with E-state index in [1.807, 2.05) is 0 Å². The van der Waals surface area contributed by atoms with Gasteiger partial charge in [-0.15, -0.1) is 0 Å². The highest BCUT2D eigenvalue weighted by Gasteiger charge is 2.48. The molecular formula is C11H22N2O3S. The SMILES string of the molecule is CC1(C)CC1NS(=O)(=O)N1CCC(CO)CC1. The Morgan fingerprint density at radius 1 is 1.35 bits per heavy atom. The molecular weight excluding hydrogens is 240 g/mol. The first-order chi connectivity index (χ1) is 7.85. The summed E-state index contributed by atoms with van der Waals surface area (Å²) in [7, 11) is -3.32. The molecule has 1 saturated carbocycles. The van der Waals surface area contributed by atoms with E-state index in [2.05, 4.69) is 18.6 Å². The molecule has 0 bridgehead atoms. The molecule has 100 valence electrons. The van der Waals surface area contributed by atoms with Gasteiger partial charge in [0.1, 0.15) is 0 Å². The van der Waals surface area contributed by atoms with E-state index >= 15 is 0 Å². The molecule has 1 atom stereocenters. The van der Waals surface area contributed by atoms with E-state index in [0.29, 0.717) is 13.1 Å². The van der Waals surface area contributed by atoms with Gasteiger partial charge in [-0.1, -0.05) is 13.8 Å². The summed E-state index contributed by atoms with van der Waals surface area (Å²) in [5, 5.41) is 9.02. The highest BCUT2D eigenvalue weighted by Crippen LogP contribution is 2.45. The number of aliphatic hydroxyl groups excluding tert-OH is 1. The predicted octanol–water partition coefficient (Wildman–Crippen LogP) is 0.324. The van der Waals surface area contributed by atoms with Crippen molar-refractivity contribution in [2.24, 2.45) is 11.3 Å². The summed E-state index contributed by atoms with van der Waals surface area (Å²) in [6.45, 7) is 5.34. The van der Waals surface area contributed by atoms with Gasteiger partial charge >= 0.3 is 0 Å². The Balaban J connectivity index is 1.89. The molecule has 0 spiro atoms. The average Bonchev–Trinajstić information content (AvgIpc) is 2.85. The third kappa shape index (κ3) is 2.99. The molecule has 0 aromatic carbocycles. The first-order valence-electron chi connectivity index (χ1n) is 6.23. The third-order valence-corrected chi connectivity index (χ3v) is 5.60. The summed E-state index contributed by atoms with van der Waals surface area (Å²) in [5.41, 5.74) is 0.108. The second-order valence-corrected chi connectivity index (χ2v) is 7.60. The van der Waals surface area contributed by atoms with E-state index in [-0.39, 0.29) is 24.0 Å². The lowest BCUT2D eigenvalue weighted by molar-refractivity contribution is 0.169. The zero-order valence-electron chi connectivity index (χ0n) is 10.5. The van der Waals surface area contributed by atoms with Crippen molar-refractivity contribution in [3.8, 4) is 0 Å². The Morgan fingerprint density at radius 2 is 1.88 bits per heavy atom. The summed E-state index contributed by atoms with van der Waals surface area (Å²) >= 11 is 0. The van der Waals surface area contributed by atoms with Gasteiger partial charge < -0.3 is 5.11 Å². The molecule has 2 aliphatic rings.